The Morgan fingerprint density at radius 1 is 1.21 bits per heavy atom. The van der Waals surface area contributed by atoms with E-state index in [9.17, 15) is 14.4 Å². The van der Waals surface area contributed by atoms with Crippen molar-refractivity contribution in [1.82, 2.24) is 10.2 Å². The summed E-state index contributed by atoms with van der Waals surface area (Å²) >= 11 is 1.53. The van der Waals surface area contributed by atoms with Gasteiger partial charge in [-0.2, -0.15) is 0 Å². The quantitative estimate of drug-likeness (QED) is 0.628. The Morgan fingerprint density at radius 2 is 2.06 bits per heavy atom. The third-order valence-electron chi connectivity index (χ3n) is 6.20. The number of carbonyl (C=O) groups excluding carboxylic acids is 3. The first-order valence-electron chi connectivity index (χ1n) is 11.7. The lowest BCUT2D eigenvalue weighted by Crippen LogP contribution is -2.54. The van der Waals surface area contributed by atoms with Crippen LogP contribution in [-0.4, -0.2) is 61.1 Å². The van der Waals surface area contributed by atoms with E-state index in [-0.39, 0.29) is 49.0 Å². The molecule has 3 amide bonds. The molecule has 4 rings (SSSR count). The van der Waals surface area contributed by atoms with Crippen LogP contribution in [0.1, 0.15) is 47.8 Å². The molecule has 0 spiro atoms. The minimum absolute atomic E-state index is 0.0134. The molecule has 0 saturated carbocycles. The molecular formula is C25H31N3O5S. The third kappa shape index (κ3) is 5.77. The molecule has 0 radical (unpaired) electrons. The molecule has 1 fully saturated rings. The van der Waals surface area contributed by atoms with Gasteiger partial charge < -0.3 is 25.0 Å². The van der Waals surface area contributed by atoms with Crippen LogP contribution in [0.5, 0.6) is 5.75 Å². The van der Waals surface area contributed by atoms with Gasteiger partial charge in [0.15, 0.2) is 0 Å². The number of anilines is 1. The first kappa shape index (κ1) is 24.2. The topological polar surface area (TPSA) is 97.0 Å². The van der Waals surface area contributed by atoms with Gasteiger partial charge in [0, 0.05) is 24.2 Å². The Balaban J connectivity index is 1.43. The van der Waals surface area contributed by atoms with E-state index in [1.54, 1.807) is 30.1 Å². The van der Waals surface area contributed by atoms with Gasteiger partial charge in [0.2, 0.25) is 11.8 Å². The van der Waals surface area contributed by atoms with Crippen LogP contribution in [0.4, 0.5) is 5.69 Å². The number of nitrogens with zero attached hydrogens (tertiary/aromatic N) is 1. The predicted octanol–water partition coefficient (Wildman–Crippen LogP) is 3.23. The zero-order valence-corrected chi connectivity index (χ0v) is 20.4. The molecule has 182 valence electrons. The highest BCUT2D eigenvalue weighted by Gasteiger charge is 2.39. The summed E-state index contributed by atoms with van der Waals surface area (Å²) in [5.74, 6) is 0.130. The smallest absolute Gasteiger partial charge is 0.257 e. The van der Waals surface area contributed by atoms with Crippen LogP contribution >= 0.6 is 11.3 Å². The number of hydrogen-bond acceptors (Lipinski definition) is 6. The van der Waals surface area contributed by atoms with Gasteiger partial charge in [-0.15, -0.1) is 11.3 Å². The van der Waals surface area contributed by atoms with Gasteiger partial charge in [-0.3, -0.25) is 14.4 Å². The van der Waals surface area contributed by atoms with Crippen molar-refractivity contribution < 1.29 is 23.9 Å². The second-order valence-electron chi connectivity index (χ2n) is 8.74. The van der Waals surface area contributed by atoms with E-state index < -0.39 is 0 Å². The normalized spacial score (nSPS) is 22.0. The summed E-state index contributed by atoms with van der Waals surface area (Å²) in [6.07, 6.45) is 2.42. The zero-order valence-electron chi connectivity index (χ0n) is 19.5. The van der Waals surface area contributed by atoms with Crippen molar-refractivity contribution >= 4 is 34.7 Å². The molecule has 0 unspecified atom stereocenters. The van der Waals surface area contributed by atoms with E-state index in [1.165, 1.54) is 11.3 Å². The number of fused-ring (bicyclic) bond motifs is 2. The molecule has 1 aromatic carbocycles. The fraction of sp³-hybridized carbons (Fsp3) is 0.480. The molecule has 2 aromatic rings. The predicted molar refractivity (Wildman–Crippen MR) is 130 cm³/mol. The standard InChI is InChI=1S/C25H31N3O5S/c1-3-10-26-23(29)13-17-7-8-20-22(33-17)15-32-21-9-6-16(12-19(21)25(31)28(20)2)27-24(30)14-18-5-4-11-34-18/h4-6,9,11-12,17,20,22H,3,7-8,10,13-15H2,1-2H3,(H,26,29)(H,27,30)/t17-,20-,22+/m1/s1. The number of carbonyl (C=O) groups is 3. The van der Waals surface area contributed by atoms with Crippen LogP contribution in [0.15, 0.2) is 35.7 Å². The lowest BCUT2D eigenvalue weighted by molar-refractivity contribution is -0.134. The van der Waals surface area contributed by atoms with Crippen LogP contribution in [0, 0.1) is 0 Å². The van der Waals surface area contributed by atoms with Gasteiger partial charge in [0.1, 0.15) is 18.5 Å². The highest BCUT2D eigenvalue weighted by Crippen LogP contribution is 2.32. The van der Waals surface area contributed by atoms with E-state index in [0.29, 0.717) is 36.4 Å². The highest BCUT2D eigenvalue weighted by molar-refractivity contribution is 7.10. The molecule has 2 aliphatic heterocycles. The van der Waals surface area contributed by atoms with E-state index in [0.717, 1.165) is 17.7 Å². The Labute approximate surface area is 203 Å². The first-order chi connectivity index (χ1) is 16.4. The maximum absolute atomic E-state index is 13.3. The molecule has 3 heterocycles. The highest BCUT2D eigenvalue weighted by atomic mass is 32.1. The third-order valence-corrected chi connectivity index (χ3v) is 7.07. The summed E-state index contributed by atoms with van der Waals surface area (Å²) in [7, 11) is 1.77. The summed E-state index contributed by atoms with van der Waals surface area (Å²) < 4.78 is 12.2. The summed E-state index contributed by atoms with van der Waals surface area (Å²) in [5.41, 5.74) is 0.969. The first-order valence-corrected chi connectivity index (χ1v) is 12.6. The van der Waals surface area contributed by atoms with E-state index in [1.807, 2.05) is 24.4 Å². The lowest BCUT2D eigenvalue weighted by atomic mass is 9.94. The average molecular weight is 486 g/mol. The second-order valence-corrected chi connectivity index (χ2v) is 9.77. The maximum Gasteiger partial charge on any atom is 0.257 e. The van der Waals surface area contributed by atoms with Crippen LogP contribution in [0.3, 0.4) is 0 Å². The average Bonchev–Trinajstić information content (AvgIpc) is 3.33. The summed E-state index contributed by atoms with van der Waals surface area (Å²) in [4.78, 5) is 40.5. The molecule has 8 nitrogen and oxygen atoms in total. The molecule has 2 aliphatic rings. The van der Waals surface area contributed by atoms with Crippen molar-refractivity contribution in [3.8, 4) is 5.75 Å². The Kier molecular flexibility index (Phi) is 7.84. The number of nitrogens with one attached hydrogen (secondary N) is 2. The number of benzene rings is 1. The molecule has 34 heavy (non-hydrogen) atoms. The minimum Gasteiger partial charge on any atom is -0.490 e. The fourth-order valence-electron chi connectivity index (χ4n) is 4.43. The fourth-order valence-corrected chi connectivity index (χ4v) is 5.13. The Bertz CT molecular complexity index is 1030. The number of hydrogen-bond donors (Lipinski definition) is 2. The zero-order chi connectivity index (χ0) is 24.1. The van der Waals surface area contributed by atoms with Gasteiger partial charge in [0.25, 0.3) is 5.91 Å². The second kappa shape index (κ2) is 11.0. The van der Waals surface area contributed by atoms with Crippen molar-refractivity contribution in [3.05, 3.63) is 46.2 Å². The van der Waals surface area contributed by atoms with Crippen molar-refractivity contribution in [2.24, 2.45) is 0 Å². The number of rotatable bonds is 7. The summed E-state index contributed by atoms with van der Waals surface area (Å²) in [5, 5.41) is 7.70. The molecule has 2 N–H and O–H groups in total. The van der Waals surface area contributed by atoms with E-state index >= 15 is 0 Å². The van der Waals surface area contributed by atoms with Crippen LogP contribution in [0.25, 0.3) is 0 Å². The number of thiophene rings is 1. The molecule has 0 bridgehead atoms. The number of ether oxygens (including phenoxy) is 2. The van der Waals surface area contributed by atoms with Crippen LogP contribution < -0.4 is 15.4 Å². The van der Waals surface area contributed by atoms with E-state index in [2.05, 4.69) is 10.6 Å². The molecule has 1 saturated heterocycles. The minimum atomic E-state index is -0.315. The van der Waals surface area contributed by atoms with Crippen molar-refractivity contribution in [1.29, 1.82) is 0 Å². The monoisotopic (exact) mass is 485 g/mol. The van der Waals surface area contributed by atoms with Crippen LogP contribution in [-0.2, 0) is 20.7 Å². The van der Waals surface area contributed by atoms with E-state index in [4.69, 9.17) is 9.47 Å². The SMILES string of the molecule is CCCNC(=O)C[C@H]1CC[C@@H]2[C@H](COc3ccc(NC(=O)Cc4cccs4)cc3C(=O)N2C)O1. The van der Waals surface area contributed by atoms with Crippen molar-refractivity contribution in [2.45, 2.75) is 57.3 Å². The largest absolute Gasteiger partial charge is 0.490 e. The van der Waals surface area contributed by atoms with Crippen molar-refractivity contribution in [3.63, 3.8) is 0 Å². The van der Waals surface area contributed by atoms with Crippen molar-refractivity contribution in [2.75, 3.05) is 25.5 Å². The van der Waals surface area contributed by atoms with Gasteiger partial charge in [-0.1, -0.05) is 13.0 Å². The molecule has 0 aliphatic carbocycles. The molecule has 1 aromatic heterocycles. The molecule has 3 atom stereocenters. The van der Waals surface area contributed by atoms with Crippen LogP contribution in [0.2, 0.25) is 0 Å². The number of likely N-dealkylation sites (N-methyl/N-ethyl adjacent to an activating group) is 1. The van der Waals surface area contributed by atoms with Gasteiger partial charge in [-0.05, 0) is 48.9 Å². The lowest BCUT2D eigenvalue weighted by Gasteiger charge is -2.42. The molecular weight excluding hydrogens is 454 g/mol. The van der Waals surface area contributed by atoms with Gasteiger partial charge >= 0.3 is 0 Å². The Morgan fingerprint density at radius 3 is 2.82 bits per heavy atom. The van der Waals surface area contributed by atoms with Gasteiger partial charge in [0.05, 0.1) is 30.6 Å². The van der Waals surface area contributed by atoms with Gasteiger partial charge in [-0.25, -0.2) is 0 Å². The number of amides is 3. The molecule has 9 heteroatoms. The summed E-state index contributed by atoms with van der Waals surface area (Å²) in [6, 6.07) is 8.80. The Hall–Kier alpha value is -2.91. The summed E-state index contributed by atoms with van der Waals surface area (Å²) in [6.45, 7) is 2.96. The maximum atomic E-state index is 13.3.